The molecule has 3 heteroatoms. The maximum Gasteiger partial charge on any atom is 0.0509 e. The Bertz CT molecular complexity index is 295. The van der Waals surface area contributed by atoms with Crippen molar-refractivity contribution >= 4 is 0 Å². The second-order valence-corrected chi connectivity index (χ2v) is 6.97. The molecule has 0 radical (unpaired) electrons. The molecule has 2 saturated heterocycles. The van der Waals surface area contributed by atoms with Crippen LogP contribution in [-0.4, -0.2) is 48.8 Å². The van der Waals surface area contributed by atoms with Gasteiger partial charge in [-0.1, -0.05) is 19.8 Å². The number of hydrogen-bond donors (Lipinski definition) is 1. The largest absolute Gasteiger partial charge is 0.381 e. The molecule has 3 rings (SSSR count). The van der Waals surface area contributed by atoms with E-state index in [0.717, 1.165) is 25.2 Å². The maximum absolute atomic E-state index is 5.61. The lowest BCUT2D eigenvalue weighted by atomic mass is 9.88. The van der Waals surface area contributed by atoms with Crippen LogP contribution in [0.2, 0.25) is 0 Å². The quantitative estimate of drug-likeness (QED) is 0.849. The molecule has 1 N–H and O–H groups in total. The van der Waals surface area contributed by atoms with E-state index in [9.17, 15) is 0 Å². The van der Waals surface area contributed by atoms with E-state index in [1.54, 1.807) is 0 Å². The number of ether oxygens (including phenoxy) is 1. The Morgan fingerprint density at radius 2 is 2.16 bits per heavy atom. The fourth-order valence-corrected chi connectivity index (χ4v) is 4.43. The molecule has 0 aromatic heterocycles. The van der Waals surface area contributed by atoms with Gasteiger partial charge >= 0.3 is 0 Å². The first-order chi connectivity index (χ1) is 9.24. The van der Waals surface area contributed by atoms with E-state index in [2.05, 4.69) is 24.1 Å². The van der Waals surface area contributed by atoms with Crippen LogP contribution in [0, 0.1) is 5.92 Å². The summed E-state index contributed by atoms with van der Waals surface area (Å²) in [6.07, 6.45) is 8.12. The van der Waals surface area contributed by atoms with Crippen molar-refractivity contribution in [1.82, 2.24) is 10.2 Å². The standard InChI is InChI=1S/C16H30N2O/c1-3-15-10-17-16(7-4-5-8-16)12-18(15)13(2)14-6-9-19-11-14/h13-15,17H,3-12H2,1-2H3. The minimum atomic E-state index is 0.444. The highest BCUT2D eigenvalue weighted by Crippen LogP contribution is 2.36. The third kappa shape index (κ3) is 2.70. The van der Waals surface area contributed by atoms with Crippen LogP contribution in [0.4, 0.5) is 0 Å². The van der Waals surface area contributed by atoms with Gasteiger partial charge in [-0.3, -0.25) is 4.90 Å². The summed E-state index contributed by atoms with van der Waals surface area (Å²) in [6.45, 7) is 9.19. The monoisotopic (exact) mass is 266 g/mol. The molecule has 19 heavy (non-hydrogen) atoms. The number of rotatable bonds is 3. The predicted octanol–water partition coefficient (Wildman–Crippen LogP) is 2.41. The smallest absolute Gasteiger partial charge is 0.0509 e. The van der Waals surface area contributed by atoms with Gasteiger partial charge in [0.15, 0.2) is 0 Å². The Morgan fingerprint density at radius 3 is 2.79 bits per heavy atom. The number of hydrogen-bond acceptors (Lipinski definition) is 3. The average molecular weight is 266 g/mol. The Kier molecular flexibility index (Phi) is 4.16. The molecule has 3 nitrogen and oxygen atoms in total. The molecular weight excluding hydrogens is 236 g/mol. The second kappa shape index (κ2) is 5.71. The zero-order valence-electron chi connectivity index (χ0n) is 12.7. The molecule has 3 fully saturated rings. The zero-order chi connectivity index (χ0) is 13.3. The topological polar surface area (TPSA) is 24.5 Å². The summed E-state index contributed by atoms with van der Waals surface area (Å²) in [7, 11) is 0. The number of nitrogens with one attached hydrogen (secondary N) is 1. The van der Waals surface area contributed by atoms with E-state index in [-0.39, 0.29) is 0 Å². The van der Waals surface area contributed by atoms with Crippen LogP contribution in [0.1, 0.15) is 52.4 Å². The van der Waals surface area contributed by atoms with Gasteiger partial charge in [-0.2, -0.15) is 0 Å². The van der Waals surface area contributed by atoms with Gasteiger partial charge in [-0.25, -0.2) is 0 Å². The highest BCUT2D eigenvalue weighted by atomic mass is 16.5. The van der Waals surface area contributed by atoms with Crippen molar-refractivity contribution in [2.24, 2.45) is 5.92 Å². The molecule has 110 valence electrons. The average Bonchev–Trinajstić information content (AvgIpc) is 3.10. The predicted molar refractivity (Wildman–Crippen MR) is 78.4 cm³/mol. The zero-order valence-corrected chi connectivity index (χ0v) is 12.7. The van der Waals surface area contributed by atoms with Gasteiger partial charge in [-0.05, 0) is 38.5 Å². The van der Waals surface area contributed by atoms with Crippen molar-refractivity contribution in [2.75, 3.05) is 26.3 Å². The fraction of sp³-hybridized carbons (Fsp3) is 1.00. The van der Waals surface area contributed by atoms with Crippen LogP contribution in [0.15, 0.2) is 0 Å². The van der Waals surface area contributed by atoms with Crippen molar-refractivity contribution in [3.8, 4) is 0 Å². The van der Waals surface area contributed by atoms with Gasteiger partial charge < -0.3 is 10.1 Å². The van der Waals surface area contributed by atoms with E-state index in [1.807, 2.05) is 0 Å². The van der Waals surface area contributed by atoms with Gasteiger partial charge in [0.25, 0.3) is 0 Å². The second-order valence-electron chi connectivity index (χ2n) is 6.97. The maximum atomic E-state index is 5.61. The summed E-state index contributed by atoms with van der Waals surface area (Å²) < 4.78 is 5.61. The molecule has 1 aliphatic carbocycles. The van der Waals surface area contributed by atoms with E-state index in [1.165, 1.54) is 51.6 Å². The Morgan fingerprint density at radius 1 is 1.37 bits per heavy atom. The van der Waals surface area contributed by atoms with E-state index >= 15 is 0 Å². The molecule has 0 aromatic carbocycles. The van der Waals surface area contributed by atoms with Gasteiger partial charge in [0, 0.05) is 37.3 Å². The lowest BCUT2D eigenvalue weighted by Gasteiger charge is -2.49. The van der Waals surface area contributed by atoms with Crippen LogP contribution in [-0.2, 0) is 4.74 Å². The first-order valence-corrected chi connectivity index (χ1v) is 8.32. The molecule has 0 aromatic rings. The molecule has 1 spiro atoms. The fourth-order valence-electron chi connectivity index (χ4n) is 4.43. The van der Waals surface area contributed by atoms with Crippen molar-refractivity contribution in [3.63, 3.8) is 0 Å². The van der Waals surface area contributed by atoms with Gasteiger partial charge in [0.2, 0.25) is 0 Å². The van der Waals surface area contributed by atoms with Crippen LogP contribution in [0.25, 0.3) is 0 Å². The minimum absolute atomic E-state index is 0.444. The van der Waals surface area contributed by atoms with E-state index in [0.29, 0.717) is 11.6 Å². The SMILES string of the molecule is CCC1CNC2(CCCC2)CN1C(C)C1CCOC1. The Hall–Kier alpha value is -0.120. The minimum Gasteiger partial charge on any atom is -0.381 e. The summed E-state index contributed by atoms with van der Waals surface area (Å²) in [6, 6.07) is 1.41. The Labute approximate surface area is 118 Å². The Balaban J connectivity index is 1.70. The molecule has 0 amide bonds. The molecule has 3 unspecified atom stereocenters. The summed E-state index contributed by atoms with van der Waals surface area (Å²) in [5.41, 5.74) is 0.444. The molecule has 2 heterocycles. The highest BCUT2D eigenvalue weighted by Gasteiger charge is 2.43. The third-order valence-corrected chi connectivity index (χ3v) is 5.87. The van der Waals surface area contributed by atoms with Crippen LogP contribution in [0.5, 0.6) is 0 Å². The molecule has 3 aliphatic rings. The normalized spacial score (nSPS) is 36.9. The van der Waals surface area contributed by atoms with Crippen molar-refractivity contribution in [1.29, 1.82) is 0 Å². The first kappa shape index (κ1) is 13.8. The lowest BCUT2D eigenvalue weighted by molar-refractivity contribution is 0.0222. The van der Waals surface area contributed by atoms with E-state index < -0.39 is 0 Å². The van der Waals surface area contributed by atoms with Gasteiger partial charge in [-0.15, -0.1) is 0 Å². The van der Waals surface area contributed by atoms with Crippen LogP contribution >= 0.6 is 0 Å². The van der Waals surface area contributed by atoms with Crippen LogP contribution < -0.4 is 5.32 Å². The van der Waals surface area contributed by atoms with Gasteiger partial charge in [0.05, 0.1) is 6.61 Å². The van der Waals surface area contributed by atoms with Crippen molar-refractivity contribution in [3.05, 3.63) is 0 Å². The third-order valence-electron chi connectivity index (χ3n) is 5.87. The summed E-state index contributed by atoms with van der Waals surface area (Å²) >= 11 is 0. The summed E-state index contributed by atoms with van der Waals surface area (Å²) in [5.74, 6) is 0.755. The molecular formula is C16H30N2O. The number of piperazine rings is 1. The van der Waals surface area contributed by atoms with Crippen LogP contribution in [0.3, 0.4) is 0 Å². The van der Waals surface area contributed by atoms with E-state index in [4.69, 9.17) is 4.74 Å². The summed E-state index contributed by atoms with van der Waals surface area (Å²) in [5, 5.41) is 3.90. The van der Waals surface area contributed by atoms with Gasteiger partial charge in [0.1, 0.15) is 0 Å². The highest BCUT2D eigenvalue weighted by molar-refractivity contribution is 5.02. The first-order valence-electron chi connectivity index (χ1n) is 8.32. The molecule has 0 bridgehead atoms. The lowest BCUT2D eigenvalue weighted by Crippen LogP contribution is -2.65. The van der Waals surface area contributed by atoms with Crippen molar-refractivity contribution < 1.29 is 4.74 Å². The molecule has 2 aliphatic heterocycles. The number of nitrogens with zero attached hydrogens (tertiary/aromatic N) is 1. The molecule has 1 saturated carbocycles. The molecule has 3 atom stereocenters. The van der Waals surface area contributed by atoms with Crippen molar-refractivity contribution in [2.45, 2.75) is 70.0 Å². The summed E-state index contributed by atoms with van der Waals surface area (Å²) in [4.78, 5) is 2.82.